The van der Waals surface area contributed by atoms with Gasteiger partial charge in [-0.1, -0.05) is 0 Å². The first-order valence-corrected chi connectivity index (χ1v) is 6.71. The Morgan fingerprint density at radius 2 is 2.16 bits per heavy atom. The van der Waals surface area contributed by atoms with E-state index in [1.54, 1.807) is 6.92 Å². The summed E-state index contributed by atoms with van der Waals surface area (Å²) in [6.07, 6.45) is 3.91. The molecule has 0 aromatic carbocycles. The highest BCUT2D eigenvalue weighted by atomic mass is 19.1. The van der Waals surface area contributed by atoms with E-state index in [1.807, 2.05) is 0 Å². The first-order valence-electron chi connectivity index (χ1n) is 6.71. The molecule has 106 valence electrons. The summed E-state index contributed by atoms with van der Waals surface area (Å²) in [5.41, 5.74) is 6.16. The molecule has 2 atom stereocenters. The van der Waals surface area contributed by atoms with Gasteiger partial charge in [-0.05, 0) is 32.6 Å². The molecule has 0 amide bonds. The van der Waals surface area contributed by atoms with Crippen LogP contribution in [-0.2, 0) is 6.42 Å². The van der Waals surface area contributed by atoms with Crippen molar-refractivity contribution in [1.29, 1.82) is 0 Å². The van der Waals surface area contributed by atoms with Crippen molar-refractivity contribution in [3.05, 3.63) is 17.3 Å². The SMILES string of the molecule is Cc1nc(CCF)nc(N[C@@H]2CCC[C@H](N)C2)c1F. The second-order valence-corrected chi connectivity index (χ2v) is 5.09. The first kappa shape index (κ1) is 14.1. The Labute approximate surface area is 111 Å². The van der Waals surface area contributed by atoms with Gasteiger partial charge in [-0.3, -0.25) is 4.39 Å². The molecule has 1 saturated carbocycles. The summed E-state index contributed by atoms with van der Waals surface area (Å²) in [5.74, 6) is 0.0563. The standard InChI is InChI=1S/C13H20F2N4/c1-8-12(15)13(19-11(17-8)5-6-14)18-10-4-2-3-9(16)7-10/h9-10H,2-7,16H2,1H3,(H,17,18,19)/t9-,10+/m0/s1. The Hall–Kier alpha value is -1.30. The zero-order valence-electron chi connectivity index (χ0n) is 11.1. The van der Waals surface area contributed by atoms with E-state index >= 15 is 0 Å². The normalized spacial score (nSPS) is 23.4. The molecule has 1 aromatic rings. The zero-order chi connectivity index (χ0) is 13.8. The minimum atomic E-state index is -0.543. The number of halogens is 2. The van der Waals surface area contributed by atoms with Crippen LogP contribution in [0.5, 0.6) is 0 Å². The second kappa shape index (κ2) is 6.23. The van der Waals surface area contributed by atoms with Gasteiger partial charge in [-0.25, -0.2) is 14.4 Å². The number of nitrogens with zero attached hydrogens (tertiary/aromatic N) is 2. The maximum atomic E-state index is 14.0. The predicted molar refractivity (Wildman–Crippen MR) is 70.3 cm³/mol. The number of nitrogens with one attached hydrogen (secondary N) is 1. The Kier molecular flexibility index (Phi) is 4.63. The van der Waals surface area contributed by atoms with Crippen LogP contribution in [-0.4, -0.2) is 28.7 Å². The van der Waals surface area contributed by atoms with E-state index in [0.717, 1.165) is 25.7 Å². The molecule has 1 aromatic heterocycles. The highest BCUT2D eigenvalue weighted by Gasteiger charge is 2.21. The second-order valence-electron chi connectivity index (χ2n) is 5.09. The Balaban J connectivity index is 2.14. The van der Waals surface area contributed by atoms with Crippen molar-refractivity contribution < 1.29 is 8.78 Å². The van der Waals surface area contributed by atoms with E-state index in [1.165, 1.54) is 0 Å². The minimum Gasteiger partial charge on any atom is -0.365 e. The highest BCUT2D eigenvalue weighted by molar-refractivity contribution is 5.39. The summed E-state index contributed by atoms with van der Waals surface area (Å²) in [6, 6.07) is 0.285. The molecule has 2 rings (SSSR count). The van der Waals surface area contributed by atoms with E-state index in [2.05, 4.69) is 15.3 Å². The molecule has 6 heteroatoms. The number of aromatic nitrogens is 2. The number of nitrogens with two attached hydrogens (primary N) is 1. The molecule has 4 nitrogen and oxygen atoms in total. The topological polar surface area (TPSA) is 63.8 Å². The number of alkyl halides is 1. The van der Waals surface area contributed by atoms with Gasteiger partial charge in [0.2, 0.25) is 0 Å². The van der Waals surface area contributed by atoms with Crippen LogP contribution in [0.4, 0.5) is 14.6 Å². The van der Waals surface area contributed by atoms with Crippen molar-refractivity contribution in [3.63, 3.8) is 0 Å². The number of aryl methyl sites for hydroxylation is 2. The monoisotopic (exact) mass is 270 g/mol. The van der Waals surface area contributed by atoms with E-state index in [0.29, 0.717) is 5.82 Å². The molecule has 0 aliphatic heterocycles. The van der Waals surface area contributed by atoms with Crippen LogP contribution in [0.3, 0.4) is 0 Å². The van der Waals surface area contributed by atoms with Crippen molar-refractivity contribution >= 4 is 5.82 Å². The lowest BCUT2D eigenvalue weighted by molar-refractivity contribution is 0.407. The number of hydrogen-bond donors (Lipinski definition) is 2. The maximum absolute atomic E-state index is 14.0. The Bertz CT molecular complexity index is 439. The molecule has 1 fully saturated rings. The third-order valence-electron chi connectivity index (χ3n) is 3.44. The van der Waals surface area contributed by atoms with Gasteiger partial charge >= 0.3 is 0 Å². The van der Waals surface area contributed by atoms with Crippen molar-refractivity contribution in [1.82, 2.24) is 9.97 Å². The third-order valence-corrected chi connectivity index (χ3v) is 3.44. The van der Waals surface area contributed by atoms with Gasteiger partial charge < -0.3 is 11.1 Å². The summed E-state index contributed by atoms with van der Waals surface area (Å²) < 4.78 is 26.3. The van der Waals surface area contributed by atoms with E-state index in [-0.39, 0.29) is 30.0 Å². The van der Waals surface area contributed by atoms with Crippen LogP contribution in [0.1, 0.15) is 37.2 Å². The van der Waals surface area contributed by atoms with Crippen LogP contribution >= 0.6 is 0 Å². The average Bonchev–Trinajstić information content (AvgIpc) is 2.36. The minimum absolute atomic E-state index is 0.111. The van der Waals surface area contributed by atoms with Crippen LogP contribution in [0.15, 0.2) is 0 Å². The van der Waals surface area contributed by atoms with Gasteiger partial charge in [-0.15, -0.1) is 0 Å². The fourth-order valence-electron chi connectivity index (χ4n) is 2.46. The molecule has 19 heavy (non-hydrogen) atoms. The molecule has 1 aliphatic carbocycles. The van der Waals surface area contributed by atoms with Crippen molar-refractivity contribution in [3.8, 4) is 0 Å². The smallest absolute Gasteiger partial charge is 0.186 e. The lowest BCUT2D eigenvalue weighted by atomic mass is 9.91. The van der Waals surface area contributed by atoms with Crippen molar-refractivity contribution in [2.24, 2.45) is 5.73 Å². The molecular formula is C13H20F2N4. The van der Waals surface area contributed by atoms with Gasteiger partial charge in [-0.2, -0.15) is 0 Å². The summed E-state index contributed by atoms with van der Waals surface area (Å²) in [7, 11) is 0. The van der Waals surface area contributed by atoms with Gasteiger partial charge in [0.15, 0.2) is 11.6 Å². The van der Waals surface area contributed by atoms with Gasteiger partial charge in [0.1, 0.15) is 5.82 Å². The lowest BCUT2D eigenvalue weighted by Gasteiger charge is -2.28. The molecule has 0 spiro atoms. The van der Waals surface area contributed by atoms with E-state index < -0.39 is 12.5 Å². The highest BCUT2D eigenvalue weighted by Crippen LogP contribution is 2.22. The Morgan fingerprint density at radius 1 is 1.37 bits per heavy atom. The molecule has 3 N–H and O–H groups in total. The van der Waals surface area contributed by atoms with E-state index in [4.69, 9.17) is 5.73 Å². The van der Waals surface area contributed by atoms with Crippen LogP contribution in [0.2, 0.25) is 0 Å². The fraction of sp³-hybridized carbons (Fsp3) is 0.692. The average molecular weight is 270 g/mol. The summed E-state index contributed by atoms with van der Waals surface area (Å²) in [5, 5.41) is 3.09. The van der Waals surface area contributed by atoms with Gasteiger partial charge in [0, 0.05) is 18.5 Å². The molecular weight excluding hydrogens is 250 g/mol. The van der Waals surface area contributed by atoms with E-state index in [9.17, 15) is 8.78 Å². The predicted octanol–water partition coefficient (Wildman–Crippen LogP) is 2.12. The summed E-state index contributed by atoms with van der Waals surface area (Å²) >= 11 is 0. The Morgan fingerprint density at radius 3 is 2.84 bits per heavy atom. The van der Waals surface area contributed by atoms with Crippen LogP contribution in [0.25, 0.3) is 0 Å². The molecule has 0 unspecified atom stereocenters. The first-order chi connectivity index (χ1) is 9.10. The third kappa shape index (κ3) is 3.59. The number of rotatable bonds is 4. The summed E-state index contributed by atoms with van der Waals surface area (Å²) in [6.45, 7) is 1.02. The molecule has 1 aliphatic rings. The zero-order valence-corrected chi connectivity index (χ0v) is 11.1. The largest absolute Gasteiger partial charge is 0.365 e. The number of hydrogen-bond acceptors (Lipinski definition) is 4. The molecule has 0 bridgehead atoms. The molecule has 0 radical (unpaired) electrons. The van der Waals surface area contributed by atoms with Crippen molar-refractivity contribution in [2.45, 2.75) is 51.1 Å². The fourth-order valence-corrected chi connectivity index (χ4v) is 2.46. The van der Waals surface area contributed by atoms with Crippen molar-refractivity contribution in [2.75, 3.05) is 12.0 Å². The lowest BCUT2D eigenvalue weighted by Crippen LogP contribution is -2.35. The molecule has 1 heterocycles. The summed E-state index contributed by atoms with van der Waals surface area (Å²) in [4.78, 5) is 8.00. The van der Waals surface area contributed by atoms with Crippen LogP contribution in [0, 0.1) is 12.7 Å². The van der Waals surface area contributed by atoms with Crippen LogP contribution < -0.4 is 11.1 Å². The number of anilines is 1. The maximum Gasteiger partial charge on any atom is 0.186 e. The quantitative estimate of drug-likeness (QED) is 0.879. The molecule has 0 saturated heterocycles. The van der Waals surface area contributed by atoms with Gasteiger partial charge in [0.25, 0.3) is 0 Å². The van der Waals surface area contributed by atoms with Gasteiger partial charge in [0.05, 0.1) is 12.4 Å².